The van der Waals surface area contributed by atoms with E-state index < -0.39 is 0 Å². The van der Waals surface area contributed by atoms with E-state index in [9.17, 15) is 0 Å². The molecule has 29 valence electrons. The summed E-state index contributed by atoms with van der Waals surface area (Å²) in [7, 11) is 2.48. The first kappa shape index (κ1) is 4.98. The first-order valence-corrected chi connectivity index (χ1v) is 1.36. The number of methoxy groups -OCH3 is 1. The predicted molar refractivity (Wildman–Crippen MR) is 19.8 cm³/mol. The highest BCUT2D eigenvalue weighted by Crippen LogP contribution is 1.53. The number of rotatable bonds is 2. The summed E-state index contributed by atoms with van der Waals surface area (Å²) >= 11 is 0. The summed E-state index contributed by atoms with van der Waals surface area (Å²) in [4.78, 5) is 0. The summed E-state index contributed by atoms with van der Waals surface area (Å²) in [6.07, 6.45) is 0. The van der Waals surface area contributed by atoms with E-state index in [1.165, 1.54) is 7.11 Å². The van der Waals surface area contributed by atoms with Crippen LogP contribution in [-0.4, -0.2) is 26.1 Å². The standard InChI is InChI=1S/C2H6BO2/c1-5-2-3-4/h4H,2H2,1H3. The molecule has 0 saturated heterocycles. The zero-order valence-electron chi connectivity index (χ0n) is 3.14. The Balaban J connectivity index is 2.19. The molecule has 0 aromatic heterocycles. The first-order chi connectivity index (χ1) is 2.41. The van der Waals surface area contributed by atoms with Gasteiger partial charge in [0.15, 0.2) is 0 Å². The maximum absolute atomic E-state index is 7.82. The third kappa shape index (κ3) is 3.98. The molecule has 0 unspecified atom stereocenters. The van der Waals surface area contributed by atoms with Crippen LogP contribution in [-0.2, 0) is 4.74 Å². The van der Waals surface area contributed by atoms with Crippen molar-refractivity contribution >= 4 is 7.48 Å². The molecule has 2 nitrogen and oxygen atoms in total. The minimum Gasteiger partial charge on any atom is -0.452 e. The average molecular weight is 72.9 g/mol. The second-order valence-electron chi connectivity index (χ2n) is 0.638. The molecule has 0 aromatic carbocycles. The second-order valence-corrected chi connectivity index (χ2v) is 0.638. The molecule has 0 spiro atoms. The lowest BCUT2D eigenvalue weighted by Gasteiger charge is -1.81. The van der Waals surface area contributed by atoms with Crippen LogP contribution >= 0.6 is 0 Å². The molecule has 1 N–H and O–H groups in total. The molecular weight excluding hydrogens is 66.8 g/mol. The topological polar surface area (TPSA) is 29.5 Å². The van der Waals surface area contributed by atoms with Crippen LogP contribution in [0.5, 0.6) is 0 Å². The van der Waals surface area contributed by atoms with Crippen molar-refractivity contribution in [3.05, 3.63) is 0 Å². The Bertz CT molecular complexity index is 15.1. The number of hydrogen-bond donors (Lipinski definition) is 1. The van der Waals surface area contributed by atoms with Gasteiger partial charge in [0.2, 0.25) is 0 Å². The smallest absolute Gasteiger partial charge is 0.315 e. The molecule has 0 aromatic rings. The van der Waals surface area contributed by atoms with E-state index in [-0.39, 0.29) is 0 Å². The fourth-order valence-corrected chi connectivity index (χ4v) is 0.0745. The van der Waals surface area contributed by atoms with Crippen LogP contribution in [0.3, 0.4) is 0 Å². The van der Waals surface area contributed by atoms with Crippen molar-refractivity contribution < 1.29 is 9.76 Å². The van der Waals surface area contributed by atoms with Gasteiger partial charge in [0, 0.05) is 13.6 Å². The largest absolute Gasteiger partial charge is 0.452 e. The lowest BCUT2D eigenvalue weighted by Crippen LogP contribution is -1.97. The summed E-state index contributed by atoms with van der Waals surface area (Å²) in [5.74, 6) is 0. The van der Waals surface area contributed by atoms with Crippen molar-refractivity contribution in [1.29, 1.82) is 0 Å². The molecule has 3 heteroatoms. The highest BCUT2D eigenvalue weighted by molar-refractivity contribution is 6.24. The molecule has 5 heavy (non-hydrogen) atoms. The third-order valence-electron chi connectivity index (χ3n) is 0.241. The first-order valence-electron chi connectivity index (χ1n) is 1.36. The molecule has 0 fully saturated rings. The average Bonchev–Trinajstić information content (AvgIpc) is 1.41. The quantitative estimate of drug-likeness (QED) is 0.433. The van der Waals surface area contributed by atoms with E-state index in [1.54, 1.807) is 0 Å². The molecule has 0 aliphatic heterocycles. The van der Waals surface area contributed by atoms with Crippen LogP contribution in [0, 0.1) is 0 Å². The third-order valence-corrected chi connectivity index (χ3v) is 0.241. The zero-order chi connectivity index (χ0) is 4.12. The highest BCUT2D eigenvalue weighted by atomic mass is 16.5. The molecule has 0 atom stereocenters. The van der Waals surface area contributed by atoms with E-state index in [4.69, 9.17) is 5.02 Å². The summed E-state index contributed by atoms with van der Waals surface area (Å²) in [6.45, 7) is 0.319. The van der Waals surface area contributed by atoms with Gasteiger partial charge in [-0.05, 0) is 0 Å². The Kier molecular flexibility index (Phi) is 3.97. The van der Waals surface area contributed by atoms with Gasteiger partial charge in [0.25, 0.3) is 0 Å². The monoisotopic (exact) mass is 73.0 g/mol. The van der Waals surface area contributed by atoms with Gasteiger partial charge in [-0.1, -0.05) is 0 Å². The van der Waals surface area contributed by atoms with E-state index in [2.05, 4.69) is 4.74 Å². The fourth-order valence-electron chi connectivity index (χ4n) is 0.0745. The molecule has 0 bridgehead atoms. The molecule has 0 saturated carbocycles. The lowest BCUT2D eigenvalue weighted by atomic mass is 10.1. The van der Waals surface area contributed by atoms with Crippen LogP contribution in [0.2, 0.25) is 0 Å². The molecular formula is C2H6BO2. The van der Waals surface area contributed by atoms with Gasteiger partial charge in [-0.25, -0.2) is 0 Å². The van der Waals surface area contributed by atoms with Gasteiger partial charge in [0.05, 0.1) is 0 Å². The van der Waals surface area contributed by atoms with E-state index in [1.807, 2.05) is 0 Å². The van der Waals surface area contributed by atoms with Crippen molar-refractivity contribution in [3.8, 4) is 0 Å². The lowest BCUT2D eigenvalue weighted by molar-refractivity contribution is 0.242. The maximum atomic E-state index is 7.82. The summed E-state index contributed by atoms with van der Waals surface area (Å²) in [6, 6.07) is 0. The zero-order valence-corrected chi connectivity index (χ0v) is 3.14. The van der Waals surface area contributed by atoms with Crippen molar-refractivity contribution in [2.24, 2.45) is 0 Å². The Morgan fingerprint density at radius 2 is 2.60 bits per heavy atom. The molecule has 1 radical (unpaired) electrons. The minimum absolute atomic E-state index is 0.319. The predicted octanol–water partition coefficient (Wildman–Crippen LogP) is -0.798. The van der Waals surface area contributed by atoms with Gasteiger partial charge in [-0.15, -0.1) is 0 Å². The second kappa shape index (κ2) is 3.98. The van der Waals surface area contributed by atoms with Crippen LogP contribution in [0.25, 0.3) is 0 Å². The molecule has 0 aliphatic rings. The number of ether oxygens (including phenoxy) is 1. The van der Waals surface area contributed by atoms with Crippen molar-refractivity contribution in [2.45, 2.75) is 0 Å². The normalized spacial score (nSPS) is 7.60. The van der Waals surface area contributed by atoms with Crippen LogP contribution < -0.4 is 0 Å². The molecule has 0 amide bonds. The fraction of sp³-hybridized carbons (Fsp3) is 1.00. The summed E-state index contributed by atoms with van der Waals surface area (Å²) in [5, 5.41) is 7.82. The highest BCUT2D eigenvalue weighted by Gasteiger charge is 1.74. The summed E-state index contributed by atoms with van der Waals surface area (Å²) in [5.41, 5.74) is 0. The number of hydrogen-bond acceptors (Lipinski definition) is 2. The summed E-state index contributed by atoms with van der Waals surface area (Å²) < 4.78 is 4.39. The van der Waals surface area contributed by atoms with E-state index >= 15 is 0 Å². The van der Waals surface area contributed by atoms with Gasteiger partial charge in [-0.2, -0.15) is 0 Å². The molecule has 0 aliphatic carbocycles. The van der Waals surface area contributed by atoms with Crippen LogP contribution in [0.4, 0.5) is 0 Å². The van der Waals surface area contributed by atoms with Crippen molar-refractivity contribution in [1.82, 2.24) is 0 Å². The Morgan fingerprint density at radius 3 is 2.60 bits per heavy atom. The maximum Gasteiger partial charge on any atom is 0.315 e. The Hall–Kier alpha value is -0.0151. The minimum atomic E-state index is 0.319. The van der Waals surface area contributed by atoms with E-state index in [0.29, 0.717) is 6.51 Å². The van der Waals surface area contributed by atoms with Crippen LogP contribution in [0.1, 0.15) is 0 Å². The Labute approximate surface area is 32.0 Å². The van der Waals surface area contributed by atoms with Crippen LogP contribution in [0.15, 0.2) is 0 Å². The van der Waals surface area contributed by atoms with Crippen molar-refractivity contribution in [3.63, 3.8) is 0 Å². The van der Waals surface area contributed by atoms with E-state index in [0.717, 1.165) is 7.48 Å². The molecule has 0 heterocycles. The van der Waals surface area contributed by atoms with Gasteiger partial charge in [0.1, 0.15) is 0 Å². The molecule has 0 rings (SSSR count). The van der Waals surface area contributed by atoms with Gasteiger partial charge < -0.3 is 9.76 Å². The van der Waals surface area contributed by atoms with Gasteiger partial charge in [-0.3, -0.25) is 0 Å². The van der Waals surface area contributed by atoms with Crippen molar-refractivity contribution in [2.75, 3.05) is 13.6 Å². The van der Waals surface area contributed by atoms with Gasteiger partial charge >= 0.3 is 7.48 Å². The SMILES string of the molecule is COC[B]O. The Morgan fingerprint density at radius 1 is 2.00 bits per heavy atom.